The van der Waals surface area contributed by atoms with Gasteiger partial charge < -0.3 is 18.6 Å². The summed E-state index contributed by atoms with van der Waals surface area (Å²) < 4.78 is 16.4. The molecule has 116 valence electrons. The standard InChI is InChI=1S/C15H17N3O4/c1-9-3-4-21-12(9)13(19)18-5-11-6-20-8-15(11,7-18)14-16-10(2)17-22-14/h3-4,11H,5-8H2,1-2H3/t11-,15-/m0/s1. The Morgan fingerprint density at radius 2 is 2.32 bits per heavy atom. The molecule has 22 heavy (non-hydrogen) atoms. The van der Waals surface area contributed by atoms with Gasteiger partial charge in [-0.15, -0.1) is 0 Å². The van der Waals surface area contributed by atoms with Crippen molar-refractivity contribution in [3.63, 3.8) is 0 Å². The number of aromatic nitrogens is 2. The Labute approximate surface area is 127 Å². The molecule has 7 nitrogen and oxygen atoms in total. The zero-order chi connectivity index (χ0) is 15.3. The maximum absolute atomic E-state index is 12.7. The van der Waals surface area contributed by atoms with Crippen molar-refractivity contribution in [3.8, 4) is 0 Å². The van der Waals surface area contributed by atoms with Crippen LogP contribution >= 0.6 is 0 Å². The highest BCUT2D eigenvalue weighted by molar-refractivity contribution is 5.93. The fourth-order valence-electron chi connectivity index (χ4n) is 3.43. The number of nitrogens with zero attached hydrogens (tertiary/aromatic N) is 3. The van der Waals surface area contributed by atoms with Crippen LogP contribution in [0.25, 0.3) is 0 Å². The number of hydrogen-bond acceptors (Lipinski definition) is 6. The molecule has 0 saturated carbocycles. The van der Waals surface area contributed by atoms with Gasteiger partial charge in [-0.2, -0.15) is 4.98 Å². The molecule has 2 saturated heterocycles. The van der Waals surface area contributed by atoms with Gasteiger partial charge in [0.1, 0.15) is 0 Å². The summed E-state index contributed by atoms with van der Waals surface area (Å²) in [5.74, 6) is 1.65. The van der Waals surface area contributed by atoms with Crippen molar-refractivity contribution in [2.75, 3.05) is 26.3 Å². The van der Waals surface area contributed by atoms with Crippen LogP contribution in [0.3, 0.4) is 0 Å². The van der Waals surface area contributed by atoms with Gasteiger partial charge in [-0.3, -0.25) is 4.79 Å². The fourth-order valence-corrected chi connectivity index (χ4v) is 3.43. The number of likely N-dealkylation sites (tertiary alicyclic amines) is 1. The molecule has 2 atom stereocenters. The van der Waals surface area contributed by atoms with Crippen LogP contribution in [0.4, 0.5) is 0 Å². The summed E-state index contributed by atoms with van der Waals surface area (Å²) >= 11 is 0. The second-order valence-corrected chi connectivity index (χ2v) is 6.13. The van der Waals surface area contributed by atoms with Crippen molar-refractivity contribution in [3.05, 3.63) is 35.4 Å². The summed E-state index contributed by atoms with van der Waals surface area (Å²) in [6, 6.07) is 1.80. The molecule has 2 fully saturated rings. The van der Waals surface area contributed by atoms with E-state index in [1.807, 2.05) is 6.92 Å². The van der Waals surface area contributed by atoms with Crippen LogP contribution in [0.5, 0.6) is 0 Å². The van der Waals surface area contributed by atoms with E-state index in [0.717, 1.165) is 5.56 Å². The second-order valence-electron chi connectivity index (χ2n) is 6.13. The lowest BCUT2D eigenvalue weighted by atomic mass is 9.81. The predicted molar refractivity (Wildman–Crippen MR) is 74.4 cm³/mol. The van der Waals surface area contributed by atoms with Crippen molar-refractivity contribution in [2.24, 2.45) is 5.92 Å². The van der Waals surface area contributed by atoms with Gasteiger partial charge in [0.25, 0.3) is 5.91 Å². The molecule has 0 aliphatic carbocycles. The Hall–Kier alpha value is -2.15. The molecule has 4 rings (SSSR count). The van der Waals surface area contributed by atoms with Gasteiger partial charge in [-0.25, -0.2) is 0 Å². The van der Waals surface area contributed by atoms with E-state index in [2.05, 4.69) is 10.1 Å². The Balaban J connectivity index is 1.65. The average Bonchev–Trinajstić information content (AvgIpc) is 3.19. The van der Waals surface area contributed by atoms with E-state index < -0.39 is 5.41 Å². The minimum Gasteiger partial charge on any atom is -0.459 e. The molecule has 2 aromatic rings. The van der Waals surface area contributed by atoms with Crippen LogP contribution < -0.4 is 0 Å². The van der Waals surface area contributed by atoms with E-state index in [1.165, 1.54) is 0 Å². The second kappa shape index (κ2) is 4.67. The molecule has 0 unspecified atom stereocenters. The van der Waals surface area contributed by atoms with Crippen molar-refractivity contribution >= 4 is 5.91 Å². The van der Waals surface area contributed by atoms with Crippen LogP contribution in [-0.2, 0) is 10.2 Å². The molecule has 0 aromatic carbocycles. The third-order valence-electron chi connectivity index (χ3n) is 4.67. The van der Waals surface area contributed by atoms with Gasteiger partial charge in [0, 0.05) is 24.6 Å². The SMILES string of the molecule is Cc1noc([C@@]23COC[C@@H]2CN(C(=O)c2occc2C)C3)n1. The summed E-state index contributed by atoms with van der Waals surface area (Å²) in [4.78, 5) is 18.8. The van der Waals surface area contributed by atoms with Gasteiger partial charge in [-0.05, 0) is 19.9 Å². The van der Waals surface area contributed by atoms with Crippen LogP contribution in [0.15, 0.2) is 21.3 Å². The maximum atomic E-state index is 12.7. The largest absolute Gasteiger partial charge is 0.459 e. The minimum atomic E-state index is -0.391. The highest BCUT2D eigenvalue weighted by Crippen LogP contribution is 2.43. The van der Waals surface area contributed by atoms with Gasteiger partial charge in [0.15, 0.2) is 11.6 Å². The highest BCUT2D eigenvalue weighted by atomic mass is 16.5. The number of furan rings is 1. The monoisotopic (exact) mass is 303 g/mol. The number of carbonyl (C=O) groups excluding carboxylic acids is 1. The van der Waals surface area contributed by atoms with E-state index in [4.69, 9.17) is 13.7 Å². The maximum Gasteiger partial charge on any atom is 0.289 e. The summed E-state index contributed by atoms with van der Waals surface area (Å²) in [5, 5.41) is 3.89. The first kappa shape index (κ1) is 13.5. The zero-order valence-corrected chi connectivity index (χ0v) is 12.5. The molecule has 0 N–H and O–H groups in total. The van der Waals surface area contributed by atoms with E-state index in [9.17, 15) is 4.79 Å². The molecule has 0 spiro atoms. The van der Waals surface area contributed by atoms with Gasteiger partial charge in [0.05, 0.1) is 24.9 Å². The van der Waals surface area contributed by atoms with Gasteiger partial charge >= 0.3 is 0 Å². The molecule has 7 heteroatoms. The van der Waals surface area contributed by atoms with Crippen LogP contribution in [0.1, 0.15) is 27.8 Å². The number of rotatable bonds is 2. The molecular formula is C15H17N3O4. The van der Waals surface area contributed by atoms with Crippen LogP contribution in [0, 0.1) is 19.8 Å². The summed E-state index contributed by atoms with van der Waals surface area (Å²) in [5.41, 5.74) is 0.457. The quantitative estimate of drug-likeness (QED) is 0.832. The topological polar surface area (TPSA) is 81.6 Å². The number of fused-ring (bicyclic) bond motifs is 1. The zero-order valence-electron chi connectivity index (χ0n) is 12.5. The highest BCUT2D eigenvalue weighted by Gasteiger charge is 2.56. The van der Waals surface area contributed by atoms with Crippen molar-refractivity contribution in [1.29, 1.82) is 0 Å². The lowest BCUT2D eigenvalue weighted by Crippen LogP contribution is -2.37. The van der Waals surface area contributed by atoms with Crippen molar-refractivity contribution < 1.29 is 18.5 Å². The first-order valence-electron chi connectivity index (χ1n) is 7.32. The molecule has 2 aromatic heterocycles. The van der Waals surface area contributed by atoms with E-state index in [0.29, 0.717) is 43.8 Å². The number of amides is 1. The Bertz CT molecular complexity index is 722. The molecule has 2 aliphatic rings. The van der Waals surface area contributed by atoms with E-state index in [-0.39, 0.29) is 11.8 Å². The summed E-state index contributed by atoms with van der Waals surface area (Å²) in [6.07, 6.45) is 1.54. The van der Waals surface area contributed by atoms with Crippen molar-refractivity contribution in [2.45, 2.75) is 19.3 Å². The van der Waals surface area contributed by atoms with Crippen LogP contribution in [-0.4, -0.2) is 47.3 Å². The minimum absolute atomic E-state index is 0.0903. The number of ether oxygens (including phenoxy) is 1. The molecular weight excluding hydrogens is 286 g/mol. The summed E-state index contributed by atoms with van der Waals surface area (Å²) in [7, 11) is 0. The van der Waals surface area contributed by atoms with Gasteiger partial charge in [-0.1, -0.05) is 5.16 Å². The summed E-state index contributed by atoms with van der Waals surface area (Å²) in [6.45, 7) is 5.88. The lowest BCUT2D eigenvalue weighted by Gasteiger charge is -2.22. The molecule has 2 aliphatic heterocycles. The number of carbonyl (C=O) groups is 1. The average molecular weight is 303 g/mol. The van der Waals surface area contributed by atoms with E-state index in [1.54, 1.807) is 24.2 Å². The third kappa shape index (κ3) is 1.81. The Kier molecular flexibility index (Phi) is 2.87. The fraction of sp³-hybridized carbons (Fsp3) is 0.533. The molecule has 4 heterocycles. The Morgan fingerprint density at radius 1 is 1.45 bits per heavy atom. The molecule has 0 bridgehead atoms. The first-order chi connectivity index (χ1) is 10.6. The normalized spacial score (nSPS) is 27.4. The van der Waals surface area contributed by atoms with E-state index >= 15 is 0 Å². The van der Waals surface area contributed by atoms with Crippen molar-refractivity contribution in [1.82, 2.24) is 15.0 Å². The predicted octanol–water partition coefficient (Wildman–Crippen LogP) is 1.32. The number of aryl methyl sites for hydroxylation is 2. The lowest BCUT2D eigenvalue weighted by molar-refractivity contribution is 0.0705. The molecule has 1 amide bonds. The van der Waals surface area contributed by atoms with Crippen LogP contribution in [0.2, 0.25) is 0 Å². The smallest absolute Gasteiger partial charge is 0.289 e. The first-order valence-corrected chi connectivity index (χ1v) is 7.32. The molecule has 0 radical (unpaired) electrons. The number of hydrogen-bond donors (Lipinski definition) is 0. The third-order valence-corrected chi connectivity index (χ3v) is 4.67. The van der Waals surface area contributed by atoms with Gasteiger partial charge in [0.2, 0.25) is 5.89 Å². The Morgan fingerprint density at radius 3 is 3.00 bits per heavy atom.